The van der Waals surface area contributed by atoms with Gasteiger partial charge in [-0.2, -0.15) is 0 Å². The SMILES string of the molecule is CCOC(=O)C1=C(C)Oc2ncn3nc(-c4cccnc4)nc3c2[C@@H]1c1ccco1. The molecular weight excluding hydrogens is 386 g/mol. The summed E-state index contributed by atoms with van der Waals surface area (Å²) in [7, 11) is 0. The van der Waals surface area contributed by atoms with Crippen molar-refractivity contribution in [1.82, 2.24) is 24.6 Å². The molecule has 1 atom stereocenters. The highest BCUT2D eigenvalue weighted by Crippen LogP contribution is 2.44. The van der Waals surface area contributed by atoms with Gasteiger partial charge in [0, 0.05) is 18.0 Å². The molecule has 0 radical (unpaired) electrons. The normalized spacial score (nSPS) is 15.7. The number of carbonyl (C=O) groups excluding carboxylic acids is 1. The number of rotatable bonds is 4. The van der Waals surface area contributed by atoms with Gasteiger partial charge in [0.1, 0.15) is 17.8 Å². The van der Waals surface area contributed by atoms with Crippen LogP contribution in [-0.4, -0.2) is 37.1 Å². The lowest BCUT2D eigenvalue weighted by molar-refractivity contribution is -0.139. The zero-order chi connectivity index (χ0) is 20.7. The number of aromatic nitrogens is 5. The highest BCUT2D eigenvalue weighted by atomic mass is 16.5. The number of carbonyl (C=O) groups is 1. The topological polar surface area (TPSA) is 105 Å². The molecule has 0 unspecified atom stereocenters. The number of hydrogen-bond acceptors (Lipinski definition) is 8. The minimum atomic E-state index is -0.593. The summed E-state index contributed by atoms with van der Waals surface area (Å²) in [5.74, 6) is 0.731. The van der Waals surface area contributed by atoms with E-state index in [9.17, 15) is 4.79 Å². The fraction of sp³-hybridized carbons (Fsp3) is 0.190. The van der Waals surface area contributed by atoms with Crippen LogP contribution in [0, 0.1) is 0 Å². The first-order chi connectivity index (χ1) is 14.7. The molecule has 150 valence electrons. The van der Waals surface area contributed by atoms with Crippen molar-refractivity contribution in [3.8, 4) is 17.3 Å². The Labute approximate surface area is 171 Å². The molecule has 0 saturated carbocycles. The first-order valence-electron chi connectivity index (χ1n) is 9.42. The maximum absolute atomic E-state index is 12.8. The molecule has 0 spiro atoms. The van der Waals surface area contributed by atoms with Crippen LogP contribution in [0.3, 0.4) is 0 Å². The Morgan fingerprint density at radius 2 is 2.20 bits per heavy atom. The van der Waals surface area contributed by atoms with E-state index in [4.69, 9.17) is 18.9 Å². The van der Waals surface area contributed by atoms with Crippen LogP contribution < -0.4 is 4.74 Å². The molecule has 0 amide bonds. The average molecular weight is 403 g/mol. The van der Waals surface area contributed by atoms with E-state index in [-0.39, 0.29) is 6.61 Å². The zero-order valence-corrected chi connectivity index (χ0v) is 16.3. The van der Waals surface area contributed by atoms with Gasteiger partial charge >= 0.3 is 5.97 Å². The highest BCUT2D eigenvalue weighted by Gasteiger charge is 2.39. The van der Waals surface area contributed by atoms with Crippen LogP contribution in [0.4, 0.5) is 0 Å². The minimum absolute atomic E-state index is 0.242. The van der Waals surface area contributed by atoms with Gasteiger partial charge in [0.15, 0.2) is 11.5 Å². The number of nitrogens with zero attached hydrogens (tertiary/aromatic N) is 5. The molecular formula is C21H17N5O4. The van der Waals surface area contributed by atoms with Crippen LogP contribution in [0.15, 0.2) is 65.0 Å². The van der Waals surface area contributed by atoms with Gasteiger partial charge in [0.25, 0.3) is 0 Å². The summed E-state index contributed by atoms with van der Waals surface area (Å²) in [5.41, 5.74) is 2.21. The van der Waals surface area contributed by atoms with Crippen LogP contribution in [0.5, 0.6) is 5.88 Å². The van der Waals surface area contributed by atoms with Gasteiger partial charge in [0.2, 0.25) is 5.88 Å². The number of fused-ring (bicyclic) bond motifs is 3. The minimum Gasteiger partial charge on any atom is -0.468 e. The van der Waals surface area contributed by atoms with E-state index in [2.05, 4.69) is 15.1 Å². The van der Waals surface area contributed by atoms with Crippen LogP contribution >= 0.6 is 0 Å². The molecule has 4 aromatic rings. The van der Waals surface area contributed by atoms with Crippen LogP contribution in [0.2, 0.25) is 0 Å². The molecule has 0 N–H and O–H groups in total. The van der Waals surface area contributed by atoms with E-state index in [1.165, 1.54) is 6.33 Å². The van der Waals surface area contributed by atoms with Gasteiger partial charge in [-0.1, -0.05) is 0 Å². The Morgan fingerprint density at radius 3 is 2.93 bits per heavy atom. The quantitative estimate of drug-likeness (QED) is 0.479. The zero-order valence-electron chi connectivity index (χ0n) is 16.3. The van der Waals surface area contributed by atoms with Crippen LogP contribution in [0.25, 0.3) is 17.0 Å². The van der Waals surface area contributed by atoms with Gasteiger partial charge in [-0.3, -0.25) is 4.98 Å². The Balaban J connectivity index is 1.75. The Kier molecular flexibility index (Phi) is 4.27. The second-order valence-electron chi connectivity index (χ2n) is 6.65. The van der Waals surface area contributed by atoms with E-state index in [1.54, 1.807) is 49.2 Å². The van der Waals surface area contributed by atoms with Crippen molar-refractivity contribution in [1.29, 1.82) is 0 Å². The molecule has 9 nitrogen and oxygen atoms in total. The van der Waals surface area contributed by atoms with E-state index in [0.29, 0.717) is 40.0 Å². The number of ether oxygens (including phenoxy) is 2. The molecule has 1 aliphatic heterocycles. The van der Waals surface area contributed by atoms with Crippen molar-refractivity contribution < 1.29 is 18.7 Å². The number of pyridine rings is 1. The lowest BCUT2D eigenvalue weighted by Crippen LogP contribution is -2.24. The standard InChI is InChI=1S/C21H17N5O4/c1-3-28-21(27)15-12(2)30-20-17(16(15)14-7-5-9-29-14)19-24-18(25-26(19)11-23-20)13-6-4-8-22-10-13/h4-11,16H,3H2,1-2H3/t16-/m1/s1. The fourth-order valence-electron chi connectivity index (χ4n) is 3.57. The maximum Gasteiger partial charge on any atom is 0.338 e. The summed E-state index contributed by atoms with van der Waals surface area (Å²) in [4.78, 5) is 26.0. The average Bonchev–Trinajstić information content (AvgIpc) is 3.43. The molecule has 0 aliphatic carbocycles. The molecule has 5 heterocycles. The molecule has 4 aromatic heterocycles. The Hall–Kier alpha value is -4.01. The molecule has 0 saturated heterocycles. The third-order valence-corrected chi connectivity index (χ3v) is 4.84. The van der Waals surface area contributed by atoms with Gasteiger partial charge in [0.05, 0.1) is 29.9 Å². The van der Waals surface area contributed by atoms with Crippen molar-refractivity contribution in [2.24, 2.45) is 0 Å². The van der Waals surface area contributed by atoms with E-state index < -0.39 is 11.9 Å². The maximum atomic E-state index is 12.8. The molecule has 30 heavy (non-hydrogen) atoms. The summed E-state index contributed by atoms with van der Waals surface area (Å²) >= 11 is 0. The summed E-state index contributed by atoms with van der Waals surface area (Å²) in [5, 5.41) is 4.52. The molecule has 5 rings (SSSR count). The predicted octanol–water partition coefficient (Wildman–Crippen LogP) is 3.14. The number of hydrogen-bond donors (Lipinski definition) is 0. The monoisotopic (exact) mass is 403 g/mol. The molecule has 0 bridgehead atoms. The van der Waals surface area contributed by atoms with Gasteiger partial charge in [-0.25, -0.2) is 19.3 Å². The van der Waals surface area contributed by atoms with Gasteiger partial charge < -0.3 is 13.9 Å². The van der Waals surface area contributed by atoms with Crippen molar-refractivity contribution in [3.63, 3.8) is 0 Å². The number of furan rings is 1. The van der Waals surface area contributed by atoms with Gasteiger partial charge in [-0.15, -0.1) is 5.10 Å². The molecule has 0 fully saturated rings. The smallest absolute Gasteiger partial charge is 0.338 e. The van der Waals surface area contributed by atoms with Crippen molar-refractivity contribution in [2.45, 2.75) is 19.8 Å². The van der Waals surface area contributed by atoms with Crippen molar-refractivity contribution in [3.05, 3.63) is 71.9 Å². The fourth-order valence-corrected chi connectivity index (χ4v) is 3.57. The van der Waals surface area contributed by atoms with E-state index in [1.807, 2.05) is 12.1 Å². The summed E-state index contributed by atoms with van der Waals surface area (Å²) in [6, 6.07) is 7.25. The van der Waals surface area contributed by atoms with Crippen LogP contribution in [-0.2, 0) is 9.53 Å². The molecule has 1 aliphatic rings. The van der Waals surface area contributed by atoms with Gasteiger partial charge in [-0.05, 0) is 38.1 Å². The largest absolute Gasteiger partial charge is 0.468 e. The second kappa shape index (κ2) is 7.11. The van der Waals surface area contributed by atoms with Crippen molar-refractivity contribution >= 4 is 11.6 Å². The third-order valence-electron chi connectivity index (χ3n) is 4.84. The highest BCUT2D eigenvalue weighted by molar-refractivity contribution is 5.93. The summed E-state index contributed by atoms with van der Waals surface area (Å²) in [6.45, 7) is 3.71. The predicted molar refractivity (Wildman–Crippen MR) is 105 cm³/mol. The lowest BCUT2D eigenvalue weighted by atomic mass is 9.87. The Morgan fingerprint density at radius 1 is 1.30 bits per heavy atom. The number of allylic oxidation sites excluding steroid dienone is 1. The number of esters is 1. The van der Waals surface area contributed by atoms with Crippen molar-refractivity contribution in [2.75, 3.05) is 6.61 Å². The summed E-state index contributed by atoms with van der Waals surface area (Å²) in [6.07, 6.45) is 6.45. The first-order valence-corrected chi connectivity index (χ1v) is 9.42. The summed E-state index contributed by atoms with van der Waals surface area (Å²) < 4.78 is 18.4. The van der Waals surface area contributed by atoms with E-state index in [0.717, 1.165) is 5.56 Å². The first kappa shape index (κ1) is 18.0. The van der Waals surface area contributed by atoms with Crippen LogP contribution in [0.1, 0.15) is 31.1 Å². The molecule has 0 aromatic carbocycles. The third kappa shape index (κ3) is 2.83. The molecule has 9 heteroatoms. The Bertz CT molecular complexity index is 1260. The van der Waals surface area contributed by atoms with E-state index >= 15 is 0 Å². The lowest BCUT2D eigenvalue weighted by Gasteiger charge is -2.26. The second-order valence-corrected chi connectivity index (χ2v) is 6.65.